The summed E-state index contributed by atoms with van der Waals surface area (Å²) in [5.41, 5.74) is 7.57. The first-order valence-corrected chi connectivity index (χ1v) is 15.2. The maximum Gasteiger partial charge on any atom is 0.250 e. The molecule has 8 nitrogen and oxygen atoms in total. The van der Waals surface area contributed by atoms with Gasteiger partial charge in [0.25, 0.3) is 5.91 Å². The van der Waals surface area contributed by atoms with Gasteiger partial charge in [-0.2, -0.15) is 5.10 Å². The number of hydrogen-bond acceptors (Lipinski definition) is 7. The number of ether oxygens (including phenoxy) is 2. The highest BCUT2D eigenvalue weighted by atomic mass is 32.2. The minimum absolute atomic E-state index is 0.0505. The second-order valence-corrected chi connectivity index (χ2v) is 12.0. The molecule has 0 atom stereocenters. The van der Waals surface area contributed by atoms with Gasteiger partial charge in [0.1, 0.15) is 6.61 Å². The van der Waals surface area contributed by atoms with Gasteiger partial charge in [0.05, 0.1) is 19.1 Å². The Bertz CT molecular complexity index is 1710. The number of thioether (sulfide) groups is 1. The molecule has 5 rings (SSSR count). The van der Waals surface area contributed by atoms with E-state index in [1.165, 1.54) is 17.3 Å². The van der Waals surface area contributed by atoms with Crippen LogP contribution in [0.5, 0.6) is 11.5 Å². The van der Waals surface area contributed by atoms with E-state index in [4.69, 9.17) is 9.47 Å². The molecule has 0 fully saturated rings. The molecule has 0 aliphatic rings. The maximum absolute atomic E-state index is 12.7. The largest absolute Gasteiger partial charge is 0.493 e. The summed E-state index contributed by atoms with van der Waals surface area (Å²) >= 11 is 1.30. The van der Waals surface area contributed by atoms with Crippen LogP contribution in [0.1, 0.15) is 37.5 Å². The van der Waals surface area contributed by atoms with Gasteiger partial charge >= 0.3 is 0 Å². The van der Waals surface area contributed by atoms with Gasteiger partial charge < -0.3 is 9.47 Å². The Morgan fingerprint density at radius 2 is 1.61 bits per heavy atom. The molecule has 4 aromatic carbocycles. The summed E-state index contributed by atoms with van der Waals surface area (Å²) < 4.78 is 13.4. The summed E-state index contributed by atoms with van der Waals surface area (Å²) in [6, 6.07) is 33.7. The molecule has 0 aliphatic carbocycles. The molecule has 1 heterocycles. The number of hydrazone groups is 1. The Balaban J connectivity index is 1.23. The van der Waals surface area contributed by atoms with Crippen LogP contribution in [0.25, 0.3) is 17.1 Å². The highest BCUT2D eigenvalue weighted by molar-refractivity contribution is 7.99. The molecule has 9 heteroatoms. The predicted octanol–water partition coefficient (Wildman–Crippen LogP) is 7.06. The molecule has 224 valence electrons. The molecule has 0 unspecified atom stereocenters. The molecule has 0 saturated heterocycles. The highest BCUT2D eigenvalue weighted by Gasteiger charge is 2.19. The molecule has 1 N–H and O–H groups in total. The Morgan fingerprint density at radius 3 is 2.30 bits per heavy atom. The van der Waals surface area contributed by atoms with Crippen LogP contribution < -0.4 is 14.9 Å². The number of benzene rings is 4. The van der Waals surface area contributed by atoms with E-state index >= 15 is 0 Å². The Morgan fingerprint density at radius 1 is 0.909 bits per heavy atom. The van der Waals surface area contributed by atoms with Crippen LogP contribution in [0.2, 0.25) is 0 Å². The second kappa shape index (κ2) is 14.1. The number of rotatable bonds is 11. The Kier molecular flexibility index (Phi) is 9.76. The van der Waals surface area contributed by atoms with Crippen molar-refractivity contribution in [2.75, 3.05) is 12.9 Å². The first-order valence-electron chi connectivity index (χ1n) is 14.2. The number of aromatic nitrogens is 3. The van der Waals surface area contributed by atoms with E-state index in [-0.39, 0.29) is 17.1 Å². The van der Waals surface area contributed by atoms with Crippen molar-refractivity contribution >= 4 is 23.9 Å². The lowest BCUT2D eigenvalue weighted by atomic mass is 9.87. The van der Waals surface area contributed by atoms with E-state index < -0.39 is 0 Å². The van der Waals surface area contributed by atoms with Crippen LogP contribution in [-0.2, 0) is 16.8 Å². The lowest BCUT2D eigenvalue weighted by Crippen LogP contribution is -2.20. The average molecular weight is 606 g/mol. The Labute approximate surface area is 262 Å². The Hall–Kier alpha value is -4.89. The normalized spacial score (nSPS) is 11.5. The molecule has 1 amide bonds. The summed E-state index contributed by atoms with van der Waals surface area (Å²) in [7, 11) is 1.59. The third-order valence-electron chi connectivity index (χ3n) is 6.82. The van der Waals surface area contributed by atoms with Gasteiger partial charge in [-0.3, -0.25) is 9.36 Å². The van der Waals surface area contributed by atoms with E-state index in [9.17, 15) is 4.79 Å². The summed E-state index contributed by atoms with van der Waals surface area (Å²) in [4.78, 5) is 12.7. The molecule has 5 aromatic rings. The minimum atomic E-state index is -0.264. The maximum atomic E-state index is 12.7. The van der Waals surface area contributed by atoms with Gasteiger partial charge in [0.15, 0.2) is 22.5 Å². The third-order valence-corrected chi connectivity index (χ3v) is 7.75. The van der Waals surface area contributed by atoms with Gasteiger partial charge in [-0.25, -0.2) is 5.43 Å². The monoisotopic (exact) mass is 605 g/mol. The number of carbonyl (C=O) groups is 1. The van der Waals surface area contributed by atoms with Crippen molar-refractivity contribution in [3.63, 3.8) is 0 Å². The molecule has 1 aromatic heterocycles. The zero-order valence-electron chi connectivity index (χ0n) is 25.2. The molecular formula is C35H35N5O3S. The average Bonchev–Trinajstić information content (AvgIpc) is 3.47. The van der Waals surface area contributed by atoms with Crippen molar-refractivity contribution in [2.45, 2.75) is 37.9 Å². The number of nitrogens with one attached hydrogen (secondary N) is 1. The molecule has 0 radical (unpaired) electrons. The second-order valence-electron chi connectivity index (χ2n) is 11.1. The molecule has 0 bridgehead atoms. The minimum Gasteiger partial charge on any atom is -0.493 e. The summed E-state index contributed by atoms with van der Waals surface area (Å²) in [5, 5.41) is 13.7. The van der Waals surface area contributed by atoms with Gasteiger partial charge in [-0.1, -0.05) is 105 Å². The zero-order valence-corrected chi connectivity index (χ0v) is 26.0. The first-order chi connectivity index (χ1) is 21.3. The summed E-state index contributed by atoms with van der Waals surface area (Å²) in [6.07, 6.45) is 1.57. The first kappa shape index (κ1) is 30.6. The molecule has 0 spiro atoms. The number of para-hydroxylation sites is 1. The van der Waals surface area contributed by atoms with Crippen molar-refractivity contribution < 1.29 is 14.3 Å². The highest BCUT2D eigenvalue weighted by Crippen LogP contribution is 2.31. The number of nitrogens with zero attached hydrogens (tertiary/aromatic N) is 4. The molecule has 0 saturated carbocycles. The van der Waals surface area contributed by atoms with E-state index in [1.807, 2.05) is 83.4 Å². The smallest absolute Gasteiger partial charge is 0.250 e. The van der Waals surface area contributed by atoms with Crippen LogP contribution in [-0.4, -0.2) is 39.7 Å². The molecule has 0 aliphatic heterocycles. The van der Waals surface area contributed by atoms with Crippen LogP contribution >= 0.6 is 11.8 Å². The van der Waals surface area contributed by atoms with Gasteiger partial charge in [-0.15, -0.1) is 10.2 Å². The fourth-order valence-corrected chi connectivity index (χ4v) is 5.18. The number of methoxy groups -OCH3 is 1. The van der Waals surface area contributed by atoms with Gasteiger partial charge in [-0.05, 0) is 52.4 Å². The van der Waals surface area contributed by atoms with Crippen molar-refractivity contribution in [3.05, 3.63) is 120 Å². The fraction of sp³-hybridized carbons (Fsp3) is 0.200. The van der Waals surface area contributed by atoms with Gasteiger partial charge in [0, 0.05) is 11.3 Å². The standard InChI is InChI=1S/C35H35N5O3S/c1-35(2,3)28-18-16-27(17-19-28)33-38-39-34(40(33)29-13-9-6-10-14-29)44-24-32(41)37-36-22-26-15-20-30(31(21-26)42-4)43-23-25-11-7-5-8-12-25/h5-22H,23-24H2,1-4H3,(H,37,41). The van der Waals surface area contributed by atoms with Crippen LogP contribution in [0, 0.1) is 0 Å². The summed E-state index contributed by atoms with van der Waals surface area (Å²) in [6.45, 7) is 7.00. The lowest BCUT2D eigenvalue weighted by Gasteiger charge is -2.19. The van der Waals surface area contributed by atoms with Crippen molar-refractivity contribution in [2.24, 2.45) is 5.10 Å². The zero-order chi connectivity index (χ0) is 30.9. The topological polar surface area (TPSA) is 90.6 Å². The van der Waals surface area contributed by atoms with Gasteiger partial charge in [0.2, 0.25) is 0 Å². The lowest BCUT2D eigenvalue weighted by molar-refractivity contribution is -0.118. The predicted molar refractivity (Wildman–Crippen MR) is 176 cm³/mol. The van der Waals surface area contributed by atoms with Crippen LogP contribution in [0.3, 0.4) is 0 Å². The quantitative estimate of drug-likeness (QED) is 0.0985. The molecular weight excluding hydrogens is 570 g/mol. The molecule has 44 heavy (non-hydrogen) atoms. The fourth-order valence-electron chi connectivity index (χ4n) is 4.44. The van der Waals surface area contributed by atoms with E-state index in [0.29, 0.717) is 29.1 Å². The van der Waals surface area contributed by atoms with Crippen molar-refractivity contribution in [1.82, 2.24) is 20.2 Å². The third kappa shape index (κ3) is 7.73. The number of amides is 1. The SMILES string of the molecule is COc1cc(C=NNC(=O)CSc2nnc(-c3ccc(C(C)(C)C)cc3)n2-c2ccccc2)ccc1OCc1ccccc1. The van der Waals surface area contributed by atoms with E-state index in [2.05, 4.69) is 65.8 Å². The van der Waals surface area contributed by atoms with E-state index in [0.717, 1.165) is 22.4 Å². The van der Waals surface area contributed by atoms with E-state index in [1.54, 1.807) is 13.3 Å². The van der Waals surface area contributed by atoms with Crippen molar-refractivity contribution in [1.29, 1.82) is 0 Å². The van der Waals surface area contributed by atoms with Crippen LogP contribution in [0.15, 0.2) is 113 Å². The summed E-state index contributed by atoms with van der Waals surface area (Å²) in [5.74, 6) is 1.76. The van der Waals surface area contributed by atoms with Crippen molar-refractivity contribution in [3.8, 4) is 28.6 Å². The van der Waals surface area contributed by atoms with Crippen LogP contribution in [0.4, 0.5) is 0 Å². The number of carbonyl (C=O) groups excluding carboxylic acids is 1. The number of hydrogen-bond donors (Lipinski definition) is 1.